The molecule has 0 radical (unpaired) electrons. The Labute approximate surface area is 131 Å². The molecule has 1 aliphatic rings. The van der Waals surface area contributed by atoms with Crippen molar-refractivity contribution in [2.45, 2.75) is 18.9 Å². The van der Waals surface area contributed by atoms with E-state index in [9.17, 15) is 4.79 Å². The number of carbonyl (C=O) groups excluding carboxylic acids is 1. The zero-order valence-electron chi connectivity index (χ0n) is 12.9. The number of rotatable bonds is 5. The van der Waals surface area contributed by atoms with E-state index in [0.29, 0.717) is 6.04 Å². The van der Waals surface area contributed by atoms with Crippen molar-refractivity contribution < 1.29 is 9.53 Å². The maximum Gasteiger partial charge on any atom is 0.260 e. The van der Waals surface area contributed by atoms with Gasteiger partial charge in [-0.2, -0.15) is 0 Å². The average molecular weight is 298 g/mol. The number of ether oxygens (including phenoxy) is 1. The van der Waals surface area contributed by atoms with Gasteiger partial charge >= 0.3 is 0 Å². The third-order valence-corrected chi connectivity index (χ3v) is 4.22. The minimum atomic E-state index is 0.0749. The molecular weight excluding hydrogens is 276 g/mol. The van der Waals surface area contributed by atoms with E-state index < -0.39 is 0 Å². The Morgan fingerprint density at radius 3 is 2.91 bits per heavy atom. The first kappa shape index (κ1) is 14.9. The lowest BCUT2D eigenvalue weighted by molar-refractivity contribution is -0.134. The van der Waals surface area contributed by atoms with E-state index >= 15 is 0 Å². The molecule has 1 fully saturated rings. The Balaban J connectivity index is 1.62. The number of likely N-dealkylation sites (N-methyl/N-ethyl adjacent to an activating group) is 1. The van der Waals surface area contributed by atoms with E-state index in [2.05, 4.69) is 11.4 Å². The fourth-order valence-electron chi connectivity index (χ4n) is 3.10. The standard InChI is InChI=1S/C18H22N2O2/c1-19-12-16-7-4-10-20(16)18(21)13-22-17-9-8-14-5-2-3-6-15(14)11-17/h2-3,5-6,8-9,11,16,19H,4,7,10,12-13H2,1H3. The largest absolute Gasteiger partial charge is 0.484 e. The number of nitrogens with one attached hydrogen (secondary N) is 1. The van der Waals surface area contributed by atoms with Crippen molar-refractivity contribution in [1.82, 2.24) is 10.2 Å². The molecule has 0 spiro atoms. The van der Waals surface area contributed by atoms with Gasteiger partial charge in [-0.05, 0) is 42.8 Å². The molecule has 1 N–H and O–H groups in total. The Kier molecular flexibility index (Phi) is 4.59. The normalized spacial score (nSPS) is 17.9. The van der Waals surface area contributed by atoms with Gasteiger partial charge in [-0.25, -0.2) is 0 Å². The Hall–Kier alpha value is -2.07. The molecule has 2 aromatic rings. The number of hydrogen-bond acceptors (Lipinski definition) is 3. The summed E-state index contributed by atoms with van der Waals surface area (Å²) in [4.78, 5) is 14.3. The van der Waals surface area contributed by atoms with Gasteiger partial charge in [-0.3, -0.25) is 4.79 Å². The predicted octanol–water partition coefficient (Wildman–Crippen LogP) is 2.43. The lowest BCUT2D eigenvalue weighted by Crippen LogP contribution is -2.43. The molecule has 116 valence electrons. The summed E-state index contributed by atoms with van der Waals surface area (Å²) in [5, 5.41) is 5.46. The first-order valence-corrected chi connectivity index (χ1v) is 7.83. The number of hydrogen-bond donors (Lipinski definition) is 1. The van der Waals surface area contributed by atoms with Crippen LogP contribution in [0.3, 0.4) is 0 Å². The van der Waals surface area contributed by atoms with E-state index in [4.69, 9.17) is 4.74 Å². The highest BCUT2D eigenvalue weighted by molar-refractivity contribution is 5.84. The van der Waals surface area contributed by atoms with Gasteiger partial charge in [-0.1, -0.05) is 30.3 Å². The molecule has 4 nitrogen and oxygen atoms in total. The highest BCUT2D eigenvalue weighted by Crippen LogP contribution is 2.21. The number of benzene rings is 2. The van der Waals surface area contributed by atoms with Crippen molar-refractivity contribution >= 4 is 16.7 Å². The highest BCUT2D eigenvalue weighted by Gasteiger charge is 2.28. The highest BCUT2D eigenvalue weighted by atomic mass is 16.5. The summed E-state index contributed by atoms with van der Waals surface area (Å²) >= 11 is 0. The smallest absolute Gasteiger partial charge is 0.260 e. The van der Waals surface area contributed by atoms with Gasteiger partial charge in [0.1, 0.15) is 5.75 Å². The number of nitrogens with zero attached hydrogens (tertiary/aromatic N) is 1. The van der Waals surface area contributed by atoms with Crippen molar-refractivity contribution in [3.05, 3.63) is 42.5 Å². The lowest BCUT2D eigenvalue weighted by atomic mass is 10.1. The van der Waals surface area contributed by atoms with Crippen molar-refractivity contribution in [2.24, 2.45) is 0 Å². The van der Waals surface area contributed by atoms with Crippen LogP contribution in [0.15, 0.2) is 42.5 Å². The van der Waals surface area contributed by atoms with Crippen LogP contribution in [0, 0.1) is 0 Å². The van der Waals surface area contributed by atoms with E-state index in [0.717, 1.165) is 37.1 Å². The summed E-state index contributed by atoms with van der Waals surface area (Å²) in [6.45, 7) is 1.80. The molecule has 1 heterocycles. The summed E-state index contributed by atoms with van der Waals surface area (Å²) in [7, 11) is 1.92. The Morgan fingerprint density at radius 1 is 1.27 bits per heavy atom. The van der Waals surface area contributed by atoms with Crippen LogP contribution in [0.5, 0.6) is 5.75 Å². The molecule has 1 saturated heterocycles. The minimum absolute atomic E-state index is 0.0749. The first-order chi connectivity index (χ1) is 10.8. The van der Waals surface area contributed by atoms with Gasteiger partial charge in [0.2, 0.25) is 0 Å². The Bertz CT molecular complexity index is 656. The van der Waals surface area contributed by atoms with Gasteiger partial charge < -0.3 is 15.0 Å². The fraction of sp³-hybridized carbons (Fsp3) is 0.389. The second-order valence-electron chi connectivity index (χ2n) is 5.74. The average Bonchev–Trinajstić information content (AvgIpc) is 3.01. The van der Waals surface area contributed by atoms with Crippen LogP contribution in [-0.2, 0) is 4.79 Å². The molecule has 1 amide bonds. The number of likely N-dealkylation sites (tertiary alicyclic amines) is 1. The molecule has 4 heteroatoms. The topological polar surface area (TPSA) is 41.6 Å². The zero-order chi connectivity index (χ0) is 15.4. The van der Waals surface area contributed by atoms with Crippen LogP contribution in [0.1, 0.15) is 12.8 Å². The summed E-state index contributed by atoms with van der Waals surface area (Å²) < 4.78 is 5.70. The molecule has 1 atom stereocenters. The van der Waals surface area contributed by atoms with E-state index in [-0.39, 0.29) is 12.5 Å². The molecule has 0 aromatic heterocycles. The van der Waals surface area contributed by atoms with Gasteiger partial charge in [0.25, 0.3) is 5.91 Å². The Morgan fingerprint density at radius 2 is 2.09 bits per heavy atom. The zero-order valence-corrected chi connectivity index (χ0v) is 12.9. The number of fused-ring (bicyclic) bond motifs is 1. The third kappa shape index (κ3) is 3.22. The quantitative estimate of drug-likeness (QED) is 0.922. The van der Waals surface area contributed by atoms with E-state index in [1.54, 1.807) is 0 Å². The van der Waals surface area contributed by atoms with Crippen molar-refractivity contribution in [3.8, 4) is 5.75 Å². The molecule has 3 rings (SSSR count). The SMILES string of the molecule is CNCC1CCCN1C(=O)COc1ccc2ccccc2c1. The van der Waals surface area contributed by atoms with Gasteiger partial charge in [-0.15, -0.1) is 0 Å². The fourth-order valence-corrected chi connectivity index (χ4v) is 3.10. The second kappa shape index (κ2) is 6.79. The van der Waals surface area contributed by atoms with Crippen LogP contribution in [0.2, 0.25) is 0 Å². The lowest BCUT2D eigenvalue weighted by Gasteiger charge is -2.24. The monoisotopic (exact) mass is 298 g/mol. The van der Waals surface area contributed by atoms with Crippen LogP contribution >= 0.6 is 0 Å². The van der Waals surface area contributed by atoms with Crippen molar-refractivity contribution in [3.63, 3.8) is 0 Å². The maximum absolute atomic E-state index is 12.3. The minimum Gasteiger partial charge on any atom is -0.484 e. The van der Waals surface area contributed by atoms with Crippen LogP contribution in [-0.4, -0.2) is 43.6 Å². The maximum atomic E-state index is 12.3. The van der Waals surface area contributed by atoms with E-state index in [1.165, 1.54) is 5.39 Å². The van der Waals surface area contributed by atoms with Crippen LogP contribution in [0.25, 0.3) is 10.8 Å². The van der Waals surface area contributed by atoms with Crippen molar-refractivity contribution in [2.75, 3.05) is 26.7 Å². The van der Waals surface area contributed by atoms with E-state index in [1.807, 2.05) is 48.3 Å². The van der Waals surface area contributed by atoms with Crippen LogP contribution < -0.4 is 10.1 Å². The molecular formula is C18H22N2O2. The van der Waals surface area contributed by atoms with Gasteiger partial charge in [0.05, 0.1) is 0 Å². The van der Waals surface area contributed by atoms with Gasteiger partial charge in [0, 0.05) is 19.1 Å². The molecule has 2 aromatic carbocycles. The molecule has 1 unspecified atom stereocenters. The molecule has 0 aliphatic carbocycles. The van der Waals surface area contributed by atoms with Crippen LogP contribution in [0.4, 0.5) is 0 Å². The molecule has 0 saturated carbocycles. The van der Waals surface area contributed by atoms with Crippen molar-refractivity contribution in [1.29, 1.82) is 0 Å². The molecule has 1 aliphatic heterocycles. The summed E-state index contributed by atoms with van der Waals surface area (Å²) in [5.74, 6) is 0.822. The van der Waals surface area contributed by atoms with Gasteiger partial charge in [0.15, 0.2) is 6.61 Å². The number of amides is 1. The summed E-state index contributed by atoms with van der Waals surface area (Å²) in [5.41, 5.74) is 0. The number of carbonyl (C=O) groups is 1. The molecule has 22 heavy (non-hydrogen) atoms. The summed E-state index contributed by atoms with van der Waals surface area (Å²) in [6, 6.07) is 14.4. The third-order valence-electron chi connectivity index (χ3n) is 4.22. The predicted molar refractivity (Wildman–Crippen MR) is 88.1 cm³/mol. The summed E-state index contributed by atoms with van der Waals surface area (Å²) in [6.07, 6.45) is 2.15. The first-order valence-electron chi connectivity index (χ1n) is 7.83. The second-order valence-corrected chi connectivity index (χ2v) is 5.74. The molecule has 0 bridgehead atoms.